The summed E-state index contributed by atoms with van der Waals surface area (Å²) in [6.07, 6.45) is 6.94. The number of ether oxygens (including phenoxy) is 2. The van der Waals surface area contributed by atoms with Crippen LogP contribution >= 0.6 is 0 Å². The minimum Gasteiger partial charge on any atom is -0.450 e. The second kappa shape index (κ2) is 7.72. The van der Waals surface area contributed by atoms with Crippen LogP contribution in [0.2, 0.25) is 0 Å². The van der Waals surface area contributed by atoms with E-state index in [1.165, 1.54) is 5.57 Å². The summed E-state index contributed by atoms with van der Waals surface area (Å²) in [5.41, 5.74) is 6.83. The molecule has 2 unspecified atom stereocenters. The Morgan fingerprint density at radius 3 is 2.54 bits per heavy atom. The summed E-state index contributed by atoms with van der Waals surface area (Å²) in [5.74, 6) is 0.973. The van der Waals surface area contributed by atoms with Crippen molar-refractivity contribution in [2.75, 3.05) is 0 Å². The summed E-state index contributed by atoms with van der Waals surface area (Å²) in [4.78, 5) is 12.2. The molecule has 5 nitrogen and oxygen atoms in total. The highest BCUT2D eigenvalue weighted by atomic mass is 16.5. The first-order valence-electron chi connectivity index (χ1n) is 9.32. The van der Waals surface area contributed by atoms with E-state index >= 15 is 0 Å². The van der Waals surface area contributed by atoms with Crippen LogP contribution in [0.3, 0.4) is 0 Å². The van der Waals surface area contributed by atoms with Crippen molar-refractivity contribution in [2.45, 2.75) is 26.5 Å². The van der Waals surface area contributed by atoms with E-state index in [-0.39, 0.29) is 18.1 Å². The summed E-state index contributed by atoms with van der Waals surface area (Å²) >= 11 is 0. The summed E-state index contributed by atoms with van der Waals surface area (Å²) < 4.78 is 11.4. The smallest absolute Gasteiger partial charge is 0.343 e. The fourth-order valence-corrected chi connectivity index (χ4v) is 3.09. The molecule has 0 aromatic heterocycles. The number of nitrogens with one attached hydrogen (secondary N) is 1. The van der Waals surface area contributed by atoms with Crippen molar-refractivity contribution in [1.29, 1.82) is 0 Å². The molecular formula is C23H22N2O3. The number of carbonyl (C=O) groups is 1. The molecular weight excluding hydrogens is 352 g/mol. The van der Waals surface area contributed by atoms with Gasteiger partial charge in [0.05, 0.1) is 11.5 Å². The van der Waals surface area contributed by atoms with Crippen molar-refractivity contribution in [2.24, 2.45) is 11.0 Å². The Bertz CT molecular complexity index is 956. The number of rotatable bonds is 4. The van der Waals surface area contributed by atoms with E-state index in [0.717, 1.165) is 17.5 Å². The van der Waals surface area contributed by atoms with Gasteiger partial charge >= 0.3 is 5.97 Å². The quantitative estimate of drug-likeness (QED) is 0.624. The average molecular weight is 374 g/mol. The lowest BCUT2D eigenvalue weighted by molar-refractivity contribution is 0.0734. The van der Waals surface area contributed by atoms with E-state index in [1.807, 2.05) is 31.2 Å². The lowest BCUT2D eigenvalue weighted by Gasteiger charge is -2.16. The summed E-state index contributed by atoms with van der Waals surface area (Å²) in [7, 11) is 0. The highest BCUT2D eigenvalue weighted by Gasteiger charge is 2.26. The molecule has 1 aliphatic carbocycles. The topological polar surface area (TPSA) is 59.9 Å². The molecule has 1 heterocycles. The standard InChI is InChI=1S/C23H22N2O3/c1-15-3-7-17(8-4-15)21-24-25-22(28-21)18-11-13-20(14-12-18)27-23(26)19-9-5-16(2)6-10-19/h3-7,9-14,17,22,25H,8H2,1-2H3. The molecule has 0 amide bonds. The maximum absolute atomic E-state index is 12.2. The Labute approximate surface area is 164 Å². The summed E-state index contributed by atoms with van der Waals surface area (Å²) in [5, 5.41) is 4.34. The minimum absolute atomic E-state index is 0.163. The third-order valence-electron chi connectivity index (χ3n) is 4.81. The van der Waals surface area contributed by atoms with Crippen LogP contribution in [-0.4, -0.2) is 11.9 Å². The van der Waals surface area contributed by atoms with Crippen molar-refractivity contribution in [1.82, 2.24) is 5.43 Å². The minimum atomic E-state index is -0.374. The van der Waals surface area contributed by atoms with Gasteiger partial charge in [0.15, 0.2) is 0 Å². The monoisotopic (exact) mass is 374 g/mol. The fourth-order valence-electron chi connectivity index (χ4n) is 3.09. The van der Waals surface area contributed by atoms with Crippen LogP contribution in [-0.2, 0) is 4.74 Å². The Morgan fingerprint density at radius 2 is 1.86 bits per heavy atom. The molecule has 2 aromatic carbocycles. The van der Waals surface area contributed by atoms with Crippen LogP contribution in [0.4, 0.5) is 0 Å². The number of carbonyl (C=O) groups excluding carboxylic acids is 1. The van der Waals surface area contributed by atoms with Gasteiger partial charge in [-0.1, -0.05) is 41.5 Å². The molecule has 1 aliphatic heterocycles. The first-order chi connectivity index (χ1) is 13.6. The molecule has 0 saturated carbocycles. The number of hydrogen-bond acceptors (Lipinski definition) is 5. The van der Waals surface area contributed by atoms with Gasteiger partial charge in [-0.05, 0) is 56.7 Å². The molecule has 2 aromatic rings. The zero-order valence-corrected chi connectivity index (χ0v) is 15.9. The highest BCUT2D eigenvalue weighted by Crippen LogP contribution is 2.27. The number of aryl methyl sites for hydroxylation is 1. The Balaban J connectivity index is 1.36. The fraction of sp³-hybridized carbons (Fsp3) is 0.217. The molecule has 0 saturated heterocycles. The van der Waals surface area contributed by atoms with Gasteiger partial charge in [-0.25, -0.2) is 4.79 Å². The van der Waals surface area contributed by atoms with Crippen LogP contribution in [0.5, 0.6) is 5.75 Å². The predicted molar refractivity (Wildman–Crippen MR) is 108 cm³/mol. The van der Waals surface area contributed by atoms with Gasteiger partial charge in [-0.15, -0.1) is 5.10 Å². The largest absolute Gasteiger partial charge is 0.450 e. The molecule has 142 valence electrons. The maximum Gasteiger partial charge on any atom is 0.343 e. The van der Waals surface area contributed by atoms with Gasteiger partial charge in [-0.2, -0.15) is 0 Å². The van der Waals surface area contributed by atoms with E-state index in [9.17, 15) is 4.79 Å². The molecule has 0 spiro atoms. The molecule has 2 aliphatic rings. The summed E-state index contributed by atoms with van der Waals surface area (Å²) in [6, 6.07) is 14.6. The van der Waals surface area contributed by atoms with Crippen molar-refractivity contribution >= 4 is 11.9 Å². The van der Waals surface area contributed by atoms with E-state index in [4.69, 9.17) is 9.47 Å². The van der Waals surface area contributed by atoms with Crippen molar-refractivity contribution < 1.29 is 14.3 Å². The Kier molecular flexibility index (Phi) is 4.98. The van der Waals surface area contributed by atoms with Gasteiger partial charge in [-0.3, -0.25) is 5.43 Å². The number of nitrogens with zero attached hydrogens (tertiary/aromatic N) is 1. The van der Waals surface area contributed by atoms with Crippen molar-refractivity contribution in [3.8, 4) is 5.75 Å². The van der Waals surface area contributed by atoms with Gasteiger partial charge < -0.3 is 9.47 Å². The number of allylic oxidation sites excluding steroid dienone is 3. The lowest BCUT2D eigenvalue weighted by atomic mass is 9.97. The molecule has 0 fully saturated rings. The van der Waals surface area contributed by atoms with E-state index < -0.39 is 0 Å². The zero-order chi connectivity index (χ0) is 19.5. The van der Waals surface area contributed by atoms with Crippen LogP contribution in [0, 0.1) is 12.8 Å². The SMILES string of the molecule is CC1=CCC(C2=NNC(c3ccc(OC(=O)c4ccc(C)cc4)cc3)O2)C=C1. The lowest BCUT2D eigenvalue weighted by Crippen LogP contribution is -2.16. The third-order valence-corrected chi connectivity index (χ3v) is 4.81. The van der Waals surface area contributed by atoms with E-state index in [2.05, 4.69) is 35.7 Å². The first-order valence-corrected chi connectivity index (χ1v) is 9.32. The highest BCUT2D eigenvalue weighted by molar-refractivity contribution is 5.91. The number of benzene rings is 2. The molecule has 0 bridgehead atoms. The Hall–Kier alpha value is -3.34. The third kappa shape index (κ3) is 3.98. The zero-order valence-electron chi connectivity index (χ0n) is 15.9. The number of hydrogen-bond donors (Lipinski definition) is 1. The molecule has 28 heavy (non-hydrogen) atoms. The molecule has 5 heteroatoms. The first kappa shape index (κ1) is 18.0. The van der Waals surface area contributed by atoms with Crippen molar-refractivity contribution in [3.63, 3.8) is 0 Å². The maximum atomic E-state index is 12.2. The van der Waals surface area contributed by atoms with Gasteiger partial charge in [0.2, 0.25) is 12.1 Å². The van der Waals surface area contributed by atoms with Gasteiger partial charge in [0, 0.05) is 5.56 Å². The molecule has 2 atom stereocenters. The normalized spacial score (nSPS) is 20.6. The number of esters is 1. The predicted octanol–water partition coefficient (Wildman–Crippen LogP) is 4.67. The second-order valence-corrected chi connectivity index (χ2v) is 7.05. The van der Waals surface area contributed by atoms with E-state index in [1.54, 1.807) is 24.3 Å². The van der Waals surface area contributed by atoms with Gasteiger partial charge in [0.1, 0.15) is 5.75 Å². The van der Waals surface area contributed by atoms with E-state index in [0.29, 0.717) is 17.2 Å². The average Bonchev–Trinajstić information content (AvgIpc) is 3.20. The number of hydrazone groups is 1. The van der Waals surface area contributed by atoms with Gasteiger partial charge in [0.25, 0.3) is 0 Å². The van der Waals surface area contributed by atoms with Crippen molar-refractivity contribution in [3.05, 3.63) is 89.0 Å². The van der Waals surface area contributed by atoms with Crippen LogP contribution < -0.4 is 10.2 Å². The molecule has 0 radical (unpaired) electrons. The molecule has 1 N–H and O–H groups in total. The second-order valence-electron chi connectivity index (χ2n) is 7.05. The van der Waals surface area contributed by atoms with Crippen LogP contribution in [0.15, 0.2) is 77.4 Å². The Morgan fingerprint density at radius 1 is 1.11 bits per heavy atom. The van der Waals surface area contributed by atoms with Crippen LogP contribution in [0.1, 0.15) is 41.1 Å². The molecule has 4 rings (SSSR count). The van der Waals surface area contributed by atoms with Crippen LogP contribution in [0.25, 0.3) is 0 Å². The summed E-state index contributed by atoms with van der Waals surface area (Å²) in [6.45, 7) is 4.06.